The molecule has 0 radical (unpaired) electrons. The van der Waals surface area contributed by atoms with E-state index in [2.05, 4.69) is 22.3 Å². The number of aliphatic hydroxyl groups is 1. The first-order chi connectivity index (χ1) is 10.1. The molecule has 0 unspecified atom stereocenters. The van der Waals surface area contributed by atoms with Crippen molar-refractivity contribution in [2.24, 2.45) is 7.05 Å². The first kappa shape index (κ1) is 14.8. The van der Waals surface area contributed by atoms with E-state index in [9.17, 15) is 4.79 Å². The summed E-state index contributed by atoms with van der Waals surface area (Å²) < 4.78 is 1.69. The molecule has 0 saturated heterocycles. The average Bonchev–Trinajstić information content (AvgIpc) is 2.89. The standard InChI is InChI=1S/C16H17N3O2/c1-12-10-14(6-5-13(12)4-3-9-20)16(21)17-11-15-7-8-19(2)18-15/h5-8,10,20H,9,11H2,1-2H3,(H,17,21). The molecule has 0 fully saturated rings. The molecule has 2 N–H and O–H groups in total. The van der Waals surface area contributed by atoms with Crippen molar-refractivity contribution in [3.63, 3.8) is 0 Å². The second-order valence-electron chi connectivity index (χ2n) is 4.65. The first-order valence-corrected chi connectivity index (χ1v) is 6.57. The second-order valence-corrected chi connectivity index (χ2v) is 4.65. The predicted molar refractivity (Wildman–Crippen MR) is 79.5 cm³/mol. The number of nitrogens with one attached hydrogen (secondary N) is 1. The minimum absolute atomic E-state index is 0.148. The molecule has 0 aliphatic carbocycles. The Labute approximate surface area is 123 Å². The zero-order chi connectivity index (χ0) is 15.2. The van der Waals surface area contributed by atoms with Gasteiger partial charge in [0.25, 0.3) is 5.91 Å². The summed E-state index contributed by atoms with van der Waals surface area (Å²) >= 11 is 0. The van der Waals surface area contributed by atoms with Gasteiger partial charge in [-0.05, 0) is 36.8 Å². The van der Waals surface area contributed by atoms with Crippen LogP contribution in [0.5, 0.6) is 0 Å². The number of carbonyl (C=O) groups is 1. The van der Waals surface area contributed by atoms with Gasteiger partial charge in [0, 0.05) is 24.4 Å². The molecule has 0 saturated carbocycles. The second kappa shape index (κ2) is 6.73. The molecule has 21 heavy (non-hydrogen) atoms. The molecule has 5 heteroatoms. The summed E-state index contributed by atoms with van der Waals surface area (Å²) in [7, 11) is 1.83. The van der Waals surface area contributed by atoms with E-state index in [0.29, 0.717) is 12.1 Å². The Bertz CT molecular complexity index is 708. The SMILES string of the molecule is Cc1cc(C(=O)NCc2ccn(C)n2)ccc1C#CCO. The van der Waals surface area contributed by atoms with Crippen LogP contribution in [-0.2, 0) is 13.6 Å². The maximum Gasteiger partial charge on any atom is 0.251 e. The van der Waals surface area contributed by atoms with Gasteiger partial charge in [0.2, 0.25) is 0 Å². The van der Waals surface area contributed by atoms with Crippen LogP contribution >= 0.6 is 0 Å². The Morgan fingerprint density at radius 2 is 2.24 bits per heavy atom. The summed E-state index contributed by atoms with van der Waals surface area (Å²) in [6.07, 6.45) is 1.83. The molecular formula is C16H17N3O2. The van der Waals surface area contributed by atoms with Gasteiger partial charge in [0.05, 0.1) is 12.2 Å². The van der Waals surface area contributed by atoms with Crippen molar-refractivity contribution >= 4 is 5.91 Å². The summed E-state index contributed by atoms with van der Waals surface area (Å²) in [4.78, 5) is 12.1. The summed E-state index contributed by atoms with van der Waals surface area (Å²) in [5, 5.41) is 15.7. The molecule has 5 nitrogen and oxygen atoms in total. The van der Waals surface area contributed by atoms with Crippen molar-refractivity contribution in [2.45, 2.75) is 13.5 Å². The van der Waals surface area contributed by atoms with Crippen LogP contribution in [0.25, 0.3) is 0 Å². The molecule has 1 heterocycles. The van der Waals surface area contributed by atoms with Crippen LogP contribution in [0.1, 0.15) is 27.2 Å². The zero-order valence-electron chi connectivity index (χ0n) is 12.1. The highest BCUT2D eigenvalue weighted by molar-refractivity contribution is 5.94. The maximum absolute atomic E-state index is 12.1. The van der Waals surface area contributed by atoms with Crippen molar-refractivity contribution in [1.29, 1.82) is 0 Å². The lowest BCUT2D eigenvalue weighted by Crippen LogP contribution is -2.23. The summed E-state index contributed by atoms with van der Waals surface area (Å²) in [6, 6.07) is 7.16. The molecular weight excluding hydrogens is 266 g/mol. The van der Waals surface area contributed by atoms with Crippen molar-refractivity contribution in [2.75, 3.05) is 6.61 Å². The lowest BCUT2D eigenvalue weighted by atomic mass is 10.0. The highest BCUT2D eigenvalue weighted by Gasteiger charge is 2.07. The Morgan fingerprint density at radius 3 is 2.86 bits per heavy atom. The molecule has 0 spiro atoms. The van der Waals surface area contributed by atoms with Gasteiger partial charge in [-0.2, -0.15) is 5.10 Å². The lowest BCUT2D eigenvalue weighted by Gasteiger charge is -2.05. The largest absolute Gasteiger partial charge is 0.384 e. The quantitative estimate of drug-likeness (QED) is 0.826. The topological polar surface area (TPSA) is 67.2 Å². The fourth-order valence-corrected chi connectivity index (χ4v) is 1.91. The normalized spacial score (nSPS) is 9.86. The van der Waals surface area contributed by atoms with E-state index in [-0.39, 0.29) is 12.5 Å². The number of aryl methyl sites for hydroxylation is 2. The number of carbonyl (C=O) groups excluding carboxylic acids is 1. The van der Waals surface area contributed by atoms with Gasteiger partial charge >= 0.3 is 0 Å². The molecule has 108 valence electrons. The molecule has 1 aromatic carbocycles. The van der Waals surface area contributed by atoms with E-state index in [4.69, 9.17) is 5.11 Å². The van der Waals surface area contributed by atoms with Crippen LogP contribution in [0.4, 0.5) is 0 Å². The minimum atomic E-state index is -0.175. The summed E-state index contributed by atoms with van der Waals surface area (Å²) in [6.45, 7) is 2.10. The van der Waals surface area contributed by atoms with E-state index in [0.717, 1.165) is 16.8 Å². The molecule has 1 aromatic heterocycles. The number of benzene rings is 1. The Kier molecular flexibility index (Phi) is 4.75. The third kappa shape index (κ3) is 3.94. The number of amides is 1. The van der Waals surface area contributed by atoms with E-state index >= 15 is 0 Å². The monoisotopic (exact) mass is 283 g/mol. The smallest absolute Gasteiger partial charge is 0.251 e. The number of nitrogens with zero attached hydrogens (tertiary/aromatic N) is 2. The van der Waals surface area contributed by atoms with E-state index in [1.165, 1.54) is 0 Å². The van der Waals surface area contributed by atoms with Crippen LogP contribution in [0.3, 0.4) is 0 Å². The Balaban J connectivity index is 2.04. The first-order valence-electron chi connectivity index (χ1n) is 6.57. The predicted octanol–water partition coefficient (Wildman–Crippen LogP) is 1.00. The fraction of sp³-hybridized carbons (Fsp3) is 0.250. The van der Waals surface area contributed by atoms with Gasteiger partial charge < -0.3 is 10.4 Å². The molecule has 1 amide bonds. The van der Waals surface area contributed by atoms with Crippen LogP contribution in [0.2, 0.25) is 0 Å². The van der Waals surface area contributed by atoms with E-state index in [1.54, 1.807) is 22.9 Å². The number of aromatic nitrogens is 2. The maximum atomic E-state index is 12.1. The molecule has 0 aliphatic rings. The highest BCUT2D eigenvalue weighted by Crippen LogP contribution is 2.10. The van der Waals surface area contributed by atoms with Crippen LogP contribution in [0, 0.1) is 18.8 Å². The van der Waals surface area contributed by atoms with Crippen LogP contribution < -0.4 is 5.32 Å². The Hall–Kier alpha value is -2.58. The van der Waals surface area contributed by atoms with Gasteiger partial charge in [-0.1, -0.05) is 11.8 Å². The van der Waals surface area contributed by atoms with Gasteiger partial charge in [0.15, 0.2) is 0 Å². The number of aliphatic hydroxyl groups excluding tert-OH is 1. The number of rotatable bonds is 3. The summed E-state index contributed by atoms with van der Waals surface area (Å²) in [5.74, 6) is 5.29. The van der Waals surface area contributed by atoms with Crippen molar-refractivity contribution in [3.05, 3.63) is 52.8 Å². The average molecular weight is 283 g/mol. The molecule has 2 rings (SSSR count). The van der Waals surface area contributed by atoms with Gasteiger partial charge in [0.1, 0.15) is 6.61 Å². The number of hydrogen-bond acceptors (Lipinski definition) is 3. The third-order valence-corrected chi connectivity index (χ3v) is 2.99. The van der Waals surface area contributed by atoms with Gasteiger partial charge in [-0.15, -0.1) is 0 Å². The zero-order valence-corrected chi connectivity index (χ0v) is 12.1. The van der Waals surface area contributed by atoms with Crippen molar-refractivity contribution < 1.29 is 9.90 Å². The molecule has 2 aromatic rings. The van der Waals surface area contributed by atoms with Gasteiger partial charge in [-0.25, -0.2) is 0 Å². The molecule has 0 bridgehead atoms. The fourth-order valence-electron chi connectivity index (χ4n) is 1.91. The van der Waals surface area contributed by atoms with Crippen molar-refractivity contribution in [3.8, 4) is 11.8 Å². The third-order valence-electron chi connectivity index (χ3n) is 2.99. The minimum Gasteiger partial charge on any atom is -0.384 e. The van der Waals surface area contributed by atoms with Crippen molar-refractivity contribution in [1.82, 2.24) is 15.1 Å². The molecule has 0 aliphatic heterocycles. The highest BCUT2D eigenvalue weighted by atomic mass is 16.2. The van der Waals surface area contributed by atoms with E-state index < -0.39 is 0 Å². The van der Waals surface area contributed by atoms with Crippen LogP contribution in [0.15, 0.2) is 30.5 Å². The summed E-state index contributed by atoms with van der Waals surface area (Å²) in [5.41, 5.74) is 3.11. The van der Waals surface area contributed by atoms with E-state index in [1.807, 2.05) is 26.2 Å². The lowest BCUT2D eigenvalue weighted by molar-refractivity contribution is 0.0950. The number of hydrogen-bond donors (Lipinski definition) is 2. The van der Waals surface area contributed by atoms with Crippen LogP contribution in [-0.4, -0.2) is 27.4 Å². The van der Waals surface area contributed by atoms with Gasteiger partial charge in [-0.3, -0.25) is 9.48 Å². The Morgan fingerprint density at radius 1 is 1.43 bits per heavy atom. The molecule has 0 atom stereocenters.